The smallest absolute Gasteiger partial charge is 0.257 e. The fourth-order valence-corrected chi connectivity index (χ4v) is 2.91. The van der Waals surface area contributed by atoms with Crippen molar-refractivity contribution in [3.8, 4) is 5.75 Å². The van der Waals surface area contributed by atoms with Crippen LogP contribution in [0, 0.1) is 6.92 Å². The van der Waals surface area contributed by atoms with Gasteiger partial charge in [0.15, 0.2) is 0 Å². The van der Waals surface area contributed by atoms with Gasteiger partial charge in [0.25, 0.3) is 5.91 Å². The Bertz CT molecular complexity index is 473. The van der Waals surface area contributed by atoms with Crippen LogP contribution >= 0.6 is 11.6 Å². The number of nitrogens with zero attached hydrogens (tertiary/aromatic N) is 1. The Kier molecular flexibility index (Phi) is 4.35. The molecule has 0 radical (unpaired) electrons. The number of para-hydroxylation sites is 1. The molecule has 4 heteroatoms. The number of carbonyl (C=O) groups excluding carboxylic acids is 1. The van der Waals surface area contributed by atoms with Crippen LogP contribution in [-0.4, -0.2) is 33.9 Å². The second kappa shape index (κ2) is 5.83. The Hall–Kier alpha value is -1.22. The molecule has 1 N–H and O–H groups in total. The Labute approximate surface area is 119 Å². The average Bonchev–Trinajstić information content (AvgIpc) is 2.79. The molecule has 104 valence electrons. The van der Waals surface area contributed by atoms with Gasteiger partial charge < -0.3 is 10.0 Å². The molecule has 1 amide bonds. The molecule has 1 aliphatic rings. The minimum atomic E-state index is -0.0824. The molecule has 0 bridgehead atoms. The van der Waals surface area contributed by atoms with Crippen LogP contribution in [0.5, 0.6) is 5.75 Å². The third-order valence-electron chi connectivity index (χ3n) is 3.70. The number of rotatable bonds is 3. The standard InChI is InChI=1S/C15H20ClNO2/c1-10-5-3-7-13(14(10)18)15(19)17-8-4-6-12(17)9-11(2)16/h3,5,7,11-12,18H,4,6,8-9H2,1-2H3. The molecule has 1 aromatic rings. The number of phenolic OH excluding ortho intramolecular Hbond substituents is 1. The van der Waals surface area contributed by atoms with E-state index in [1.54, 1.807) is 25.1 Å². The normalized spacial score (nSPS) is 20.6. The van der Waals surface area contributed by atoms with Crippen LogP contribution in [0.25, 0.3) is 0 Å². The van der Waals surface area contributed by atoms with Crippen molar-refractivity contribution < 1.29 is 9.90 Å². The first kappa shape index (κ1) is 14.2. The quantitative estimate of drug-likeness (QED) is 0.864. The molecule has 1 heterocycles. The number of amides is 1. The summed E-state index contributed by atoms with van der Waals surface area (Å²) in [4.78, 5) is 14.4. The zero-order valence-corrected chi connectivity index (χ0v) is 12.2. The number of carbonyl (C=O) groups is 1. The average molecular weight is 282 g/mol. The maximum Gasteiger partial charge on any atom is 0.257 e. The molecule has 2 atom stereocenters. The molecule has 2 unspecified atom stereocenters. The molecule has 1 aromatic carbocycles. The van der Waals surface area contributed by atoms with Crippen molar-refractivity contribution >= 4 is 17.5 Å². The number of halogens is 1. The maximum atomic E-state index is 12.5. The van der Waals surface area contributed by atoms with Gasteiger partial charge in [-0.15, -0.1) is 11.6 Å². The van der Waals surface area contributed by atoms with Crippen molar-refractivity contribution in [1.82, 2.24) is 4.90 Å². The van der Waals surface area contributed by atoms with E-state index in [0.29, 0.717) is 5.56 Å². The van der Waals surface area contributed by atoms with Gasteiger partial charge >= 0.3 is 0 Å². The lowest BCUT2D eigenvalue weighted by molar-refractivity contribution is 0.0727. The largest absolute Gasteiger partial charge is 0.507 e. The van der Waals surface area contributed by atoms with Crippen molar-refractivity contribution in [2.24, 2.45) is 0 Å². The molecule has 1 fully saturated rings. The van der Waals surface area contributed by atoms with Crippen LogP contribution in [0.2, 0.25) is 0 Å². The lowest BCUT2D eigenvalue weighted by Gasteiger charge is -2.26. The molecule has 3 nitrogen and oxygen atoms in total. The van der Waals surface area contributed by atoms with E-state index in [4.69, 9.17) is 11.6 Å². The highest BCUT2D eigenvalue weighted by atomic mass is 35.5. The summed E-state index contributed by atoms with van der Waals surface area (Å²) in [6.07, 6.45) is 2.81. The van der Waals surface area contributed by atoms with Gasteiger partial charge in [-0.2, -0.15) is 0 Å². The predicted octanol–water partition coefficient (Wildman–Crippen LogP) is 3.32. The van der Waals surface area contributed by atoms with Crippen LogP contribution in [0.1, 0.15) is 42.1 Å². The van der Waals surface area contributed by atoms with Gasteiger partial charge in [-0.3, -0.25) is 4.79 Å². The lowest BCUT2D eigenvalue weighted by atomic mass is 10.1. The third kappa shape index (κ3) is 3.03. The van der Waals surface area contributed by atoms with E-state index in [1.807, 2.05) is 11.8 Å². The van der Waals surface area contributed by atoms with E-state index in [1.165, 1.54) is 0 Å². The Balaban J connectivity index is 2.21. The van der Waals surface area contributed by atoms with Crippen molar-refractivity contribution in [3.05, 3.63) is 29.3 Å². The van der Waals surface area contributed by atoms with Crippen molar-refractivity contribution in [3.63, 3.8) is 0 Å². The molecular weight excluding hydrogens is 262 g/mol. The van der Waals surface area contributed by atoms with Crippen molar-refractivity contribution in [2.45, 2.75) is 44.5 Å². The number of hydrogen-bond donors (Lipinski definition) is 1. The summed E-state index contributed by atoms with van der Waals surface area (Å²) in [5.74, 6) is 0.0121. The monoisotopic (exact) mass is 281 g/mol. The summed E-state index contributed by atoms with van der Waals surface area (Å²) in [5.41, 5.74) is 1.13. The first-order valence-electron chi connectivity index (χ1n) is 6.74. The number of benzene rings is 1. The summed E-state index contributed by atoms with van der Waals surface area (Å²) in [6.45, 7) is 4.50. The Morgan fingerprint density at radius 3 is 3.00 bits per heavy atom. The van der Waals surface area contributed by atoms with E-state index in [9.17, 15) is 9.90 Å². The van der Waals surface area contributed by atoms with Gasteiger partial charge in [0.1, 0.15) is 5.75 Å². The molecule has 19 heavy (non-hydrogen) atoms. The highest BCUT2D eigenvalue weighted by molar-refractivity contribution is 6.20. The number of aryl methyl sites for hydroxylation is 1. The highest BCUT2D eigenvalue weighted by Gasteiger charge is 2.31. The lowest BCUT2D eigenvalue weighted by Crippen LogP contribution is -2.36. The second-order valence-electron chi connectivity index (χ2n) is 5.28. The molecule has 0 aromatic heterocycles. The van der Waals surface area contributed by atoms with Crippen LogP contribution in [-0.2, 0) is 0 Å². The zero-order chi connectivity index (χ0) is 14.0. The molecule has 1 saturated heterocycles. The van der Waals surface area contributed by atoms with E-state index in [0.717, 1.165) is 31.4 Å². The Morgan fingerprint density at radius 2 is 2.32 bits per heavy atom. The van der Waals surface area contributed by atoms with E-state index >= 15 is 0 Å². The minimum Gasteiger partial charge on any atom is -0.507 e. The molecule has 0 saturated carbocycles. The van der Waals surface area contributed by atoms with Gasteiger partial charge in [0.05, 0.1) is 5.56 Å². The summed E-state index contributed by atoms with van der Waals surface area (Å²) in [5, 5.41) is 10.1. The fraction of sp³-hybridized carbons (Fsp3) is 0.533. The second-order valence-corrected chi connectivity index (χ2v) is 6.03. The van der Waals surface area contributed by atoms with Gasteiger partial charge in [-0.25, -0.2) is 0 Å². The van der Waals surface area contributed by atoms with Gasteiger partial charge in [0.2, 0.25) is 0 Å². The SMILES string of the molecule is Cc1cccc(C(=O)N2CCCC2CC(C)Cl)c1O. The number of hydrogen-bond acceptors (Lipinski definition) is 2. The van der Waals surface area contributed by atoms with Crippen LogP contribution in [0.3, 0.4) is 0 Å². The third-order valence-corrected chi connectivity index (χ3v) is 3.88. The van der Waals surface area contributed by atoms with Crippen LogP contribution in [0.15, 0.2) is 18.2 Å². The van der Waals surface area contributed by atoms with Crippen LogP contribution in [0.4, 0.5) is 0 Å². The summed E-state index contributed by atoms with van der Waals surface area (Å²) >= 11 is 6.04. The first-order valence-corrected chi connectivity index (χ1v) is 7.18. The van der Waals surface area contributed by atoms with Crippen molar-refractivity contribution in [2.75, 3.05) is 6.54 Å². The first-order chi connectivity index (χ1) is 9.00. The predicted molar refractivity (Wildman–Crippen MR) is 76.8 cm³/mol. The van der Waals surface area contributed by atoms with Gasteiger partial charge in [-0.05, 0) is 44.7 Å². The maximum absolute atomic E-state index is 12.5. The molecule has 1 aliphatic heterocycles. The van der Waals surface area contributed by atoms with Gasteiger partial charge in [-0.1, -0.05) is 12.1 Å². The molecular formula is C15H20ClNO2. The van der Waals surface area contributed by atoms with E-state index in [2.05, 4.69) is 0 Å². The van der Waals surface area contributed by atoms with Crippen LogP contribution < -0.4 is 0 Å². The summed E-state index contributed by atoms with van der Waals surface area (Å²) in [7, 11) is 0. The molecule has 0 aliphatic carbocycles. The molecule has 0 spiro atoms. The van der Waals surface area contributed by atoms with E-state index in [-0.39, 0.29) is 23.1 Å². The summed E-state index contributed by atoms with van der Waals surface area (Å²) < 4.78 is 0. The Morgan fingerprint density at radius 1 is 1.58 bits per heavy atom. The van der Waals surface area contributed by atoms with Crippen molar-refractivity contribution in [1.29, 1.82) is 0 Å². The number of phenols is 1. The van der Waals surface area contributed by atoms with E-state index < -0.39 is 0 Å². The highest BCUT2D eigenvalue weighted by Crippen LogP contribution is 2.28. The topological polar surface area (TPSA) is 40.5 Å². The fourth-order valence-electron chi connectivity index (χ4n) is 2.71. The molecule has 2 rings (SSSR count). The number of alkyl halides is 1. The number of aromatic hydroxyl groups is 1. The minimum absolute atomic E-state index is 0.0597. The summed E-state index contributed by atoms with van der Waals surface area (Å²) in [6, 6.07) is 5.48. The van der Waals surface area contributed by atoms with Gasteiger partial charge in [0, 0.05) is 18.0 Å². The zero-order valence-electron chi connectivity index (χ0n) is 11.4. The number of likely N-dealkylation sites (tertiary alicyclic amines) is 1.